The largest absolute Gasteiger partial charge is 0.298 e. The number of aromatic nitrogens is 1. The highest BCUT2D eigenvalue weighted by Gasteiger charge is 2.15. The standard InChI is InChI=1S/C8H6BrF2NO/c1-4-6(9)5(3-13)2-12-7(4)8(10)11/h2-3,8H,1H3. The van der Waals surface area contributed by atoms with Gasteiger partial charge in [0.15, 0.2) is 6.29 Å². The third kappa shape index (κ3) is 1.91. The maximum atomic E-state index is 12.3. The van der Waals surface area contributed by atoms with Crippen LogP contribution in [-0.2, 0) is 0 Å². The van der Waals surface area contributed by atoms with Crippen LogP contribution in [0.1, 0.15) is 28.0 Å². The van der Waals surface area contributed by atoms with Gasteiger partial charge in [0.05, 0.1) is 0 Å². The molecule has 0 aliphatic carbocycles. The Morgan fingerprint density at radius 3 is 2.69 bits per heavy atom. The summed E-state index contributed by atoms with van der Waals surface area (Å²) in [4.78, 5) is 13.9. The van der Waals surface area contributed by atoms with Gasteiger partial charge in [-0.1, -0.05) is 0 Å². The molecule has 0 amide bonds. The van der Waals surface area contributed by atoms with Crippen LogP contribution in [0.15, 0.2) is 10.7 Å². The predicted octanol–water partition coefficient (Wildman–Crippen LogP) is 2.90. The molecule has 0 radical (unpaired) electrons. The van der Waals surface area contributed by atoms with Crippen molar-refractivity contribution in [2.75, 3.05) is 0 Å². The van der Waals surface area contributed by atoms with E-state index < -0.39 is 6.43 Å². The molecule has 1 heterocycles. The lowest BCUT2D eigenvalue weighted by Gasteiger charge is -2.06. The maximum absolute atomic E-state index is 12.3. The molecule has 1 aromatic heterocycles. The Bertz CT molecular complexity index is 341. The topological polar surface area (TPSA) is 30.0 Å². The quantitative estimate of drug-likeness (QED) is 0.755. The second kappa shape index (κ2) is 3.91. The number of rotatable bonds is 2. The van der Waals surface area contributed by atoms with Crippen molar-refractivity contribution in [1.82, 2.24) is 4.98 Å². The molecule has 13 heavy (non-hydrogen) atoms. The zero-order valence-electron chi connectivity index (χ0n) is 6.72. The number of alkyl halides is 2. The van der Waals surface area contributed by atoms with E-state index >= 15 is 0 Å². The summed E-state index contributed by atoms with van der Waals surface area (Å²) in [5.41, 5.74) is 0.291. The average Bonchev–Trinajstić information content (AvgIpc) is 2.09. The molecule has 0 unspecified atom stereocenters. The molecule has 5 heteroatoms. The predicted molar refractivity (Wildman–Crippen MR) is 47.0 cm³/mol. The Kier molecular flexibility index (Phi) is 3.08. The van der Waals surface area contributed by atoms with Gasteiger partial charge in [-0.05, 0) is 28.4 Å². The minimum Gasteiger partial charge on any atom is -0.298 e. The van der Waals surface area contributed by atoms with Gasteiger partial charge >= 0.3 is 0 Å². The molecule has 1 aromatic rings. The molecule has 0 bridgehead atoms. The van der Waals surface area contributed by atoms with E-state index in [1.54, 1.807) is 0 Å². The van der Waals surface area contributed by atoms with Gasteiger partial charge < -0.3 is 0 Å². The van der Waals surface area contributed by atoms with Gasteiger partial charge in [-0.25, -0.2) is 8.78 Å². The molecule has 70 valence electrons. The van der Waals surface area contributed by atoms with E-state index in [2.05, 4.69) is 20.9 Å². The van der Waals surface area contributed by atoms with Crippen molar-refractivity contribution in [2.45, 2.75) is 13.3 Å². The molecular weight excluding hydrogens is 244 g/mol. The van der Waals surface area contributed by atoms with E-state index in [4.69, 9.17) is 0 Å². The number of carbonyl (C=O) groups excluding carboxylic acids is 1. The van der Waals surface area contributed by atoms with Gasteiger partial charge in [-0.3, -0.25) is 9.78 Å². The molecule has 0 fully saturated rings. The van der Waals surface area contributed by atoms with E-state index in [1.807, 2.05) is 0 Å². The third-order valence-electron chi connectivity index (χ3n) is 1.64. The molecule has 0 atom stereocenters. The van der Waals surface area contributed by atoms with Crippen LogP contribution in [0.25, 0.3) is 0 Å². The monoisotopic (exact) mass is 249 g/mol. The summed E-state index contributed by atoms with van der Waals surface area (Å²) in [6.45, 7) is 1.49. The summed E-state index contributed by atoms with van der Waals surface area (Å²) in [5.74, 6) is 0. The highest BCUT2D eigenvalue weighted by Crippen LogP contribution is 2.27. The second-order valence-corrected chi connectivity index (χ2v) is 3.25. The number of hydrogen-bond donors (Lipinski definition) is 0. The van der Waals surface area contributed by atoms with Crippen molar-refractivity contribution in [3.05, 3.63) is 27.5 Å². The van der Waals surface area contributed by atoms with Gasteiger partial charge in [-0.15, -0.1) is 0 Å². The van der Waals surface area contributed by atoms with Crippen LogP contribution in [0.5, 0.6) is 0 Å². The van der Waals surface area contributed by atoms with Crippen molar-refractivity contribution in [3.63, 3.8) is 0 Å². The Morgan fingerprint density at radius 1 is 1.62 bits per heavy atom. The van der Waals surface area contributed by atoms with Crippen LogP contribution in [0.4, 0.5) is 8.78 Å². The van der Waals surface area contributed by atoms with Crippen LogP contribution in [-0.4, -0.2) is 11.3 Å². The van der Waals surface area contributed by atoms with Crippen LogP contribution >= 0.6 is 15.9 Å². The molecule has 2 nitrogen and oxygen atoms in total. The zero-order chi connectivity index (χ0) is 10.0. The Hall–Kier alpha value is -0.840. The van der Waals surface area contributed by atoms with Crippen molar-refractivity contribution >= 4 is 22.2 Å². The normalized spacial score (nSPS) is 10.5. The number of hydrogen-bond acceptors (Lipinski definition) is 2. The Balaban J connectivity index is 3.31. The molecule has 0 saturated carbocycles. The number of pyridine rings is 1. The fourth-order valence-corrected chi connectivity index (χ4v) is 1.32. The van der Waals surface area contributed by atoms with Gasteiger partial charge in [0.1, 0.15) is 5.69 Å². The first-order chi connectivity index (χ1) is 6.07. The molecule has 0 aromatic carbocycles. The summed E-state index contributed by atoms with van der Waals surface area (Å²) in [6.07, 6.45) is -0.915. The fourth-order valence-electron chi connectivity index (χ4n) is 0.924. The summed E-state index contributed by atoms with van der Waals surface area (Å²) in [5, 5.41) is 0. The molecule has 0 saturated heterocycles. The smallest absolute Gasteiger partial charge is 0.280 e. The van der Waals surface area contributed by atoms with E-state index in [-0.39, 0.29) is 11.3 Å². The molecule has 0 aliphatic rings. The van der Waals surface area contributed by atoms with E-state index in [0.717, 1.165) is 6.20 Å². The van der Waals surface area contributed by atoms with Gasteiger partial charge in [-0.2, -0.15) is 0 Å². The first-order valence-corrected chi connectivity index (χ1v) is 4.25. The third-order valence-corrected chi connectivity index (χ3v) is 2.70. The van der Waals surface area contributed by atoms with Crippen LogP contribution in [0.2, 0.25) is 0 Å². The lowest BCUT2D eigenvalue weighted by Crippen LogP contribution is -1.98. The number of carbonyl (C=O) groups is 1. The van der Waals surface area contributed by atoms with Crippen molar-refractivity contribution in [3.8, 4) is 0 Å². The fraction of sp³-hybridized carbons (Fsp3) is 0.250. The van der Waals surface area contributed by atoms with E-state index in [9.17, 15) is 13.6 Å². The van der Waals surface area contributed by atoms with Gasteiger partial charge in [0, 0.05) is 16.2 Å². The first kappa shape index (κ1) is 10.2. The first-order valence-electron chi connectivity index (χ1n) is 3.46. The molecule has 0 spiro atoms. The second-order valence-electron chi connectivity index (χ2n) is 2.46. The molecule has 0 N–H and O–H groups in total. The SMILES string of the molecule is Cc1c(C(F)F)ncc(C=O)c1Br. The molecular formula is C8H6BrF2NO. The Labute approximate surface area is 82.1 Å². The summed E-state index contributed by atoms with van der Waals surface area (Å²) in [6, 6.07) is 0. The summed E-state index contributed by atoms with van der Waals surface area (Å²) >= 11 is 3.05. The van der Waals surface area contributed by atoms with Crippen LogP contribution < -0.4 is 0 Å². The number of halogens is 3. The average molecular weight is 250 g/mol. The van der Waals surface area contributed by atoms with Crippen LogP contribution in [0.3, 0.4) is 0 Å². The summed E-state index contributed by atoms with van der Waals surface area (Å²) < 4.78 is 24.9. The lowest BCUT2D eigenvalue weighted by molar-refractivity contribution is 0.112. The van der Waals surface area contributed by atoms with Gasteiger partial charge in [0.2, 0.25) is 0 Å². The molecule has 0 aliphatic heterocycles. The van der Waals surface area contributed by atoms with Crippen molar-refractivity contribution in [1.29, 1.82) is 0 Å². The minimum atomic E-state index is -2.61. The minimum absolute atomic E-state index is 0.280. The van der Waals surface area contributed by atoms with Crippen LogP contribution in [0, 0.1) is 6.92 Å². The van der Waals surface area contributed by atoms with Crippen molar-refractivity contribution < 1.29 is 13.6 Å². The number of aldehydes is 1. The van der Waals surface area contributed by atoms with E-state index in [0.29, 0.717) is 16.3 Å². The zero-order valence-corrected chi connectivity index (χ0v) is 8.31. The lowest BCUT2D eigenvalue weighted by atomic mass is 10.1. The Morgan fingerprint density at radius 2 is 2.23 bits per heavy atom. The van der Waals surface area contributed by atoms with Crippen molar-refractivity contribution in [2.24, 2.45) is 0 Å². The van der Waals surface area contributed by atoms with E-state index in [1.165, 1.54) is 6.92 Å². The highest BCUT2D eigenvalue weighted by atomic mass is 79.9. The summed E-state index contributed by atoms with van der Waals surface area (Å²) in [7, 11) is 0. The number of nitrogens with zero attached hydrogens (tertiary/aromatic N) is 1. The van der Waals surface area contributed by atoms with Gasteiger partial charge in [0.25, 0.3) is 6.43 Å². The molecule has 1 rings (SSSR count). The maximum Gasteiger partial charge on any atom is 0.280 e. The highest BCUT2D eigenvalue weighted by molar-refractivity contribution is 9.10.